The minimum absolute atomic E-state index is 0.509. The van der Waals surface area contributed by atoms with Gasteiger partial charge < -0.3 is 19.4 Å². The highest BCUT2D eigenvalue weighted by molar-refractivity contribution is 5.47. The van der Waals surface area contributed by atoms with E-state index in [1.54, 1.807) is 14.2 Å². The van der Waals surface area contributed by atoms with Crippen LogP contribution in [0.25, 0.3) is 5.69 Å². The summed E-state index contributed by atoms with van der Waals surface area (Å²) in [7, 11) is 3.32. The molecule has 2 aromatic rings. The molecule has 1 aromatic heterocycles. The predicted molar refractivity (Wildman–Crippen MR) is 76.9 cm³/mol. The van der Waals surface area contributed by atoms with E-state index in [1.807, 2.05) is 30.7 Å². The molecule has 1 atom stereocenters. The normalized spacial score (nSPS) is 18.2. The Morgan fingerprint density at radius 3 is 2.55 bits per heavy atom. The van der Waals surface area contributed by atoms with Crippen molar-refractivity contribution >= 4 is 0 Å². The molecule has 1 aliphatic heterocycles. The van der Waals surface area contributed by atoms with Crippen LogP contribution in [0.5, 0.6) is 11.5 Å². The second-order valence-corrected chi connectivity index (χ2v) is 4.95. The molecule has 5 nitrogen and oxygen atoms in total. The van der Waals surface area contributed by atoms with Gasteiger partial charge in [-0.25, -0.2) is 4.98 Å². The molecule has 3 rings (SSSR count). The van der Waals surface area contributed by atoms with Crippen molar-refractivity contribution in [2.45, 2.75) is 12.3 Å². The molecule has 0 aliphatic carbocycles. The van der Waals surface area contributed by atoms with Crippen molar-refractivity contribution in [3.63, 3.8) is 0 Å². The van der Waals surface area contributed by atoms with E-state index >= 15 is 0 Å². The molecule has 2 heterocycles. The molecule has 0 amide bonds. The zero-order valence-electron chi connectivity index (χ0n) is 11.8. The van der Waals surface area contributed by atoms with Gasteiger partial charge in [0.25, 0.3) is 0 Å². The van der Waals surface area contributed by atoms with E-state index in [2.05, 4.69) is 14.9 Å². The quantitative estimate of drug-likeness (QED) is 0.925. The number of methoxy groups -OCH3 is 2. The second kappa shape index (κ2) is 5.54. The Labute approximate surface area is 118 Å². The van der Waals surface area contributed by atoms with Crippen LogP contribution in [0.2, 0.25) is 0 Å². The van der Waals surface area contributed by atoms with Gasteiger partial charge in [0.05, 0.1) is 26.2 Å². The molecule has 0 radical (unpaired) electrons. The van der Waals surface area contributed by atoms with Crippen LogP contribution in [0.15, 0.2) is 30.7 Å². The minimum Gasteiger partial charge on any atom is -0.497 e. The van der Waals surface area contributed by atoms with Crippen LogP contribution in [0.1, 0.15) is 18.0 Å². The van der Waals surface area contributed by atoms with E-state index in [-0.39, 0.29) is 0 Å². The minimum atomic E-state index is 0.509. The number of ether oxygens (including phenoxy) is 2. The fourth-order valence-electron chi connectivity index (χ4n) is 2.66. The molecule has 1 unspecified atom stereocenters. The molecule has 1 aliphatic rings. The van der Waals surface area contributed by atoms with Crippen LogP contribution >= 0.6 is 0 Å². The summed E-state index contributed by atoms with van der Waals surface area (Å²) in [6.45, 7) is 2.07. The summed E-state index contributed by atoms with van der Waals surface area (Å²) in [5, 5.41) is 3.39. The molecule has 5 heteroatoms. The van der Waals surface area contributed by atoms with Crippen LogP contribution in [0, 0.1) is 0 Å². The lowest BCUT2D eigenvalue weighted by Crippen LogP contribution is -2.10. The highest BCUT2D eigenvalue weighted by Gasteiger charge is 2.21. The summed E-state index contributed by atoms with van der Waals surface area (Å²) in [4.78, 5) is 4.31. The third-order valence-electron chi connectivity index (χ3n) is 3.76. The number of nitrogens with one attached hydrogen (secondary N) is 1. The first kappa shape index (κ1) is 13.0. The highest BCUT2D eigenvalue weighted by atomic mass is 16.5. The number of benzene rings is 1. The van der Waals surface area contributed by atoms with E-state index in [4.69, 9.17) is 9.47 Å². The summed E-state index contributed by atoms with van der Waals surface area (Å²) in [6.07, 6.45) is 4.94. The predicted octanol–water partition coefficient (Wildman–Crippen LogP) is 1.97. The third kappa shape index (κ3) is 2.36. The van der Waals surface area contributed by atoms with E-state index in [0.717, 1.165) is 36.7 Å². The number of aromatic nitrogens is 2. The number of nitrogens with zero attached hydrogens (tertiary/aromatic N) is 2. The first-order valence-corrected chi connectivity index (χ1v) is 6.78. The van der Waals surface area contributed by atoms with Gasteiger partial charge in [-0.05, 0) is 13.0 Å². The average molecular weight is 273 g/mol. The standard InChI is InChI=1S/C15H19N3O2/c1-19-13-5-12(6-14(7-13)20-2)18-10-17-9-15(18)11-3-4-16-8-11/h5-7,9-11,16H,3-4,8H2,1-2H3. The molecule has 1 aromatic carbocycles. The van der Waals surface area contributed by atoms with Crippen molar-refractivity contribution in [1.29, 1.82) is 0 Å². The van der Waals surface area contributed by atoms with Gasteiger partial charge in [-0.15, -0.1) is 0 Å². The molecule has 1 saturated heterocycles. The van der Waals surface area contributed by atoms with Crippen molar-refractivity contribution in [1.82, 2.24) is 14.9 Å². The second-order valence-electron chi connectivity index (χ2n) is 4.95. The molecule has 1 N–H and O–H groups in total. The molecule has 106 valence electrons. The van der Waals surface area contributed by atoms with Crippen LogP contribution < -0.4 is 14.8 Å². The van der Waals surface area contributed by atoms with Gasteiger partial charge >= 0.3 is 0 Å². The first-order valence-electron chi connectivity index (χ1n) is 6.78. The Morgan fingerprint density at radius 1 is 1.20 bits per heavy atom. The molecule has 0 spiro atoms. The maximum absolute atomic E-state index is 5.33. The van der Waals surface area contributed by atoms with Gasteiger partial charge in [0.2, 0.25) is 0 Å². The van der Waals surface area contributed by atoms with Gasteiger partial charge in [0.1, 0.15) is 11.5 Å². The van der Waals surface area contributed by atoms with Crippen LogP contribution in [0.4, 0.5) is 0 Å². The summed E-state index contributed by atoms with van der Waals surface area (Å²) < 4.78 is 12.8. The van der Waals surface area contributed by atoms with Crippen molar-refractivity contribution in [3.8, 4) is 17.2 Å². The van der Waals surface area contributed by atoms with Gasteiger partial charge in [-0.3, -0.25) is 0 Å². The van der Waals surface area contributed by atoms with Crippen LogP contribution in [-0.4, -0.2) is 36.9 Å². The molecule has 0 bridgehead atoms. The lowest BCUT2D eigenvalue weighted by molar-refractivity contribution is 0.394. The lowest BCUT2D eigenvalue weighted by Gasteiger charge is -2.14. The van der Waals surface area contributed by atoms with Crippen LogP contribution in [0.3, 0.4) is 0 Å². The van der Waals surface area contributed by atoms with E-state index in [1.165, 1.54) is 5.69 Å². The smallest absolute Gasteiger partial charge is 0.124 e. The maximum atomic E-state index is 5.33. The van der Waals surface area contributed by atoms with E-state index < -0.39 is 0 Å². The zero-order chi connectivity index (χ0) is 13.9. The highest BCUT2D eigenvalue weighted by Crippen LogP contribution is 2.29. The molecule has 0 saturated carbocycles. The zero-order valence-corrected chi connectivity index (χ0v) is 11.8. The third-order valence-corrected chi connectivity index (χ3v) is 3.76. The number of hydrogen-bond donors (Lipinski definition) is 1. The molecular weight excluding hydrogens is 254 g/mol. The van der Waals surface area contributed by atoms with Crippen molar-refractivity contribution in [2.75, 3.05) is 27.3 Å². The SMILES string of the molecule is COc1cc(OC)cc(-n2cncc2C2CCNC2)c1. The van der Waals surface area contributed by atoms with E-state index in [0.29, 0.717) is 5.92 Å². The lowest BCUT2D eigenvalue weighted by atomic mass is 10.1. The van der Waals surface area contributed by atoms with Gasteiger partial charge in [0, 0.05) is 42.6 Å². The van der Waals surface area contributed by atoms with Crippen molar-refractivity contribution in [2.24, 2.45) is 0 Å². The number of imidazole rings is 1. The fraction of sp³-hybridized carbons (Fsp3) is 0.400. The summed E-state index contributed by atoms with van der Waals surface area (Å²) in [5.74, 6) is 2.07. The van der Waals surface area contributed by atoms with Gasteiger partial charge in [0.15, 0.2) is 0 Å². The summed E-state index contributed by atoms with van der Waals surface area (Å²) >= 11 is 0. The van der Waals surface area contributed by atoms with Gasteiger partial charge in [-0.2, -0.15) is 0 Å². The Bertz CT molecular complexity index is 566. The topological polar surface area (TPSA) is 48.3 Å². The van der Waals surface area contributed by atoms with Crippen molar-refractivity contribution in [3.05, 3.63) is 36.4 Å². The number of rotatable bonds is 4. The molecule has 20 heavy (non-hydrogen) atoms. The number of hydrogen-bond acceptors (Lipinski definition) is 4. The van der Waals surface area contributed by atoms with Crippen LogP contribution in [-0.2, 0) is 0 Å². The Hall–Kier alpha value is -2.01. The van der Waals surface area contributed by atoms with Gasteiger partial charge in [-0.1, -0.05) is 0 Å². The molecule has 1 fully saturated rings. The van der Waals surface area contributed by atoms with Crippen molar-refractivity contribution < 1.29 is 9.47 Å². The first-order chi connectivity index (χ1) is 9.81. The largest absolute Gasteiger partial charge is 0.497 e. The Morgan fingerprint density at radius 2 is 1.95 bits per heavy atom. The fourth-order valence-corrected chi connectivity index (χ4v) is 2.66. The maximum Gasteiger partial charge on any atom is 0.124 e. The van der Waals surface area contributed by atoms with E-state index in [9.17, 15) is 0 Å². The Balaban J connectivity index is 2.02. The Kier molecular flexibility index (Phi) is 3.60. The summed E-state index contributed by atoms with van der Waals surface area (Å²) in [5.41, 5.74) is 2.24. The average Bonchev–Trinajstić information content (AvgIpc) is 3.16. The monoisotopic (exact) mass is 273 g/mol. The summed E-state index contributed by atoms with van der Waals surface area (Å²) in [6, 6.07) is 5.86. The molecular formula is C15H19N3O2.